The largest absolute Gasteiger partial charge is 0.383 e. The third-order valence-corrected chi connectivity index (χ3v) is 2.45. The maximum Gasteiger partial charge on any atom is 0.0455 e. The van der Waals surface area contributed by atoms with Crippen molar-refractivity contribution < 1.29 is 0 Å². The van der Waals surface area contributed by atoms with E-state index in [1.165, 1.54) is 0 Å². The lowest BCUT2D eigenvalue weighted by atomic mass is 10.2. The first kappa shape index (κ1) is 11.3. The lowest BCUT2D eigenvalue weighted by Gasteiger charge is -2.11. The standard InChI is InChI=1S/C10H16ClN3/c1-7-2-3-9(4-10(7)11)14-6-8(13)5-12/h2-4,8,14H,5-6,12-13H2,1H3. The molecular weight excluding hydrogens is 198 g/mol. The summed E-state index contributed by atoms with van der Waals surface area (Å²) in [7, 11) is 0. The molecule has 0 spiro atoms. The first-order valence-electron chi connectivity index (χ1n) is 4.59. The molecule has 1 unspecified atom stereocenters. The minimum atomic E-state index is -0.0184. The van der Waals surface area contributed by atoms with E-state index in [0.29, 0.717) is 13.1 Å². The van der Waals surface area contributed by atoms with Gasteiger partial charge in [0.1, 0.15) is 0 Å². The van der Waals surface area contributed by atoms with Gasteiger partial charge in [0.15, 0.2) is 0 Å². The van der Waals surface area contributed by atoms with E-state index in [2.05, 4.69) is 5.32 Å². The van der Waals surface area contributed by atoms with Crippen LogP contribution in [-0.4, -0.2) is 19.1 Å². The molecule has 0 aromatic heterocycles. The second kappa shape index (κ2) is 5.20. The van der Waals surface area contributed by atoms with Gasteiger partial charge in [-0.15, -0.1) is 0 Å². The number of anilines is 1. The van der Waals surface area contributed by atoms with Crippen LogP contribution in [0.4, 0.5) is 5.69 Å². The molecule has 0 radical (unpaired) electrons. The molecule has 0 aliphatic heterocycles. The van der Waals surface area contributed by atoms with Crippen LogP contribution in [0.25, 0.3) is 0 Å². The van der Waals surface area contributed by atoms with Crippen molar-refractivity contribution in [3.63, 3.8) is 0 Å². The van der Waals surface area contributed by atoms with Crippen molar-refractivity contribution in [1.82, 2.24) is 0 Å². The first-order valence-corrected chi connectivity index (χ1v) is 4.97. The summed E-state index contributed by atoms with van der Waals surface area (Å²) >= 11 is 5.97. The quantitative estimate of drug-likeness (QED) is 0.708. The lowest BCUT2D eigenvalue weighted by molar-refractivity contribution is 0.713. The molecule has 0 bridgehead atoms. The van der Waals surface area contributed by atoms with Gasteiger partial charge in [-0.3, -0.25) is 0 Å². The summed E-state index contributed by atoms with van der Waals surface area (Å²) in [6.45, 7) is 3.11. The Kier molecular flexibility index (Phi) is 4.20. The number of hydrogen-bond donors (Lipinski definition) is 3. The smallest absolute Gasteiger partial charge is 0.0455 e. The maximum atomic E-state index is 5.97. The summed E-state index contributed by atoms with van der Waals surface area (Å²) in [5.41, 5.74) is 13.1. The highest BCUT2D eigenvalue weighted by Gasteiger charge is 2.00. The number of halogens is 1. The topological polar surface area (TPSA) is 64.1 Å². The molecule has 1 aromatic rings. The molecule has 0 aliphatic rings. The van der Waals surface area contributed by atoms with Crippen LogP contribution in [0, 0.1) is 6.92 Å². The van der Waals surface area contributed by atoms with Crippen LogP contribution >= 0.6 is 11.6 Å². The van der Waals surface area contributed by atoms with Crippen LogP contribution in [0.1, 0.15) is 5.56 Å². The number of nitrogens with one attached hydrogen (secondary N) is 1. The van der Waals surface area contributed by atoms with Gasteiger partial charge < -0.3 is 16.8 Å². The van der Waals surface area contributed by atoms with E-state index in [0.717, 1.165) is 16.3 Å². The minimum Gasteiger partial charge on any atom is -0.383 e. The summed E-state index contributed by atoms with van der Waals surface area (Å²) < 4.78 is 0. The summed E-state index contributed by atoms with van der Waals surface area (Å²) in [6.07, 6.45) is 0. The lowest BCUT2D eigenvalue weighted by Crippen LogP contribution is -2.36. The average molecular weight is 214 g/mol. The highest BCUT2D eigenvalue weighted by atomic mass is 35.5. The zero-order valence-corrected chi connectivity index (χ0v) is 9.01. The fourth-order valence-corrected chi connectivity index (χ4v) is 1.22. The van der Waals surface area contributed by atoms with Crippen molar-refractivity contribution in [3.05, 3.63) is 28.8 Å². The Labute approximate surface area is 89.4 Å². The van der Waals surface area contributed by atoms with Crippen LogP contribution in [0.3, 0.4) is 0 Å². The van der Waals surface area contributed by atoms with Crippen LogP contribution in [0.5, 0.6) is 0 Å². The molecule has 5 N–H and O–H groups in total. The molecule has 0 heterocycles. The fraction of sp³-hybridized carbons (Fsp3) is 0.400. The van der Waals surface area contributed by atoms with Crippen molar-refractivity contribution in [3.8, 4) is 0 Å². The number of hydrogen-bond acceptors (Lipinski definition) is 3. The van der Waals surface area contributed by atoms with Crippen molar-refractivity contribution in [2.45, 2.75) is 13.0 Å². The predicted octanol–water partition coefficient (Wildman–Crippen LogP) is 1.35. The van der Waals surface area contributed by atoms with Gasteiger partial charge >= 0.3 is 0 Å². The van der Waals surface area contributed by atoms with Crippen molar-refractivity contribution in [2.75, 3.05) is 18.4 Å². The average Bonchev–Trinajstić information content (AvgIpc) is 2.19. The summed E-state index contributed by atoms with van der Waals surface area (Å²) in [5, 5.41) is 3.93. The Bertz CT molecular complexity index is 301. The van der Waals surface area contributed by atoms with Crippen LogP contribution in [-0.2, 0) is 0 Å². The first-order chi connectivity index (χ1) is 6.63. The Hall–Kier alpha value is -0.770. The number of nitrogens with two attached hydrogens (primary N) is 2. The van der Waals surface area contributed by atoms with Crippen LogP contribution in [0.2, 0.25) is 5.02 Å². The van der Waals surface area contributed by atoms with Gasteiger partial charge in [-0.1, -0.05) is 17.7 Å². The number of aryl methyl sites for hydroxylation is 1. The van der Waals surface area contributed by atoms with E-state index >= 15 is 0 Å². The Balaban J connectivity index is 2.55. The summed E-state index contributed by atoms with van der Waals surface area (Å²) in [6, 6.07) is 5.82. The van der Waals surface area contributed by atoms with Crippen LogP contribution < -0.4 is 16.8 Å². The van der Waals surface area contributed by atoms with Gasteiger partial charge in [0, 0.05) is 29.8 Å². The highest BCUT2D eigenvalue weighted by Crippen LogP contribution is 2.19. The SMILES string of the molecule is Cc1ccc(NCC(N)CN)cc1Cl. The Morgan fingerprint density at radius 2 is 2.21 bits per heavy atom. The van der Waals surface area contributed by atoms with Crippen molar-refractivity contribution in [1.29, 1.82) is 0 Å². The van der Waals surface area contributed by atoms with Gasteiger partial charge in [0.05, 0.1) is 0 Å². The van der Waals surface area contributed by atoms with Gasteiger partial charge in [0.25, 0.3) is 0 Å². The van der Waals surface area contributed by atoms with E-state index < -0.39 is 0 Å². The maximum absolute atomic E-state index is 5.97. The molecule has 0 saturated carbocycles. The molecule has 78 valence electrons. The van der Waals surface area contributed by atoms with E-state index in [9.17, 15) is 0 Å². The van der Waals surface area contributed by atoms with Gasteiger partial charge in [0.2, 0.25) is 0 Å². The molecule has 0 fully saturated rings. The predicted molar refractivity (Wildman–Crippen MR) is 61.7 cm³/mol. The van der Waals surface area contributed by atoms with Gasteiger partial charge in [-0.25, -0.2) is 0 Å². The van der Waals surface area contributed by atoms with Crippen LogP contribution in [0.15, 0.2) is 18.2 Å². The molecule has 1 rings (SSSR count). The normalized spacial score (nSPS) is 12.6. The molecule has 1 atom stereocenters. The molecule has 14 heavy (non-hydrogen) atoms. The second-order valence-electron chi connectivity index (χ2n) is 3.34. The van der Waals surface area contributed by atoms with Gasteiger partial charge in [-0.05, 0) is 24.6 Å². The summed E-state index contributed by atoms with van der Waals surface area (Å²) in [5.74, 6) is 0. The Morgan fingerprint density at radius 3 is 2.79 bits per heavy atom. The van der Waals surface area contributed by atoms with Crippen molar-refractivity contribution in [2.24, 2.45) is 11.5 Å². The fourth-order valence-electron chi connectivity index (χ4n) is 1.04. The molecule has 1 aromatic carbocycles. The zero-order valence-electron chi connectivity index (χ0n) is 8.26. The summed E-state index contributed by atoms with van der Waals surface area (Å²) in [4.78, 5) is 0. The molecule has 4 heteroatoms. The molecule has 0 amide bonds. The van der Waals surface area contributed by atoms with E-state index in [4.69, 9.17) is 23.1 Å². The molecule has 3 nitrogen and oxygen atoms in total. The zero-order chi connectivity index (χ0) is 10.6. The molecule has 0 aliphatic carbocycles. The monoisotopic (exact) mass is 213 g/mol. The van der Waals surface area contributed by atoms with E-state index in [1.54, 1.807) is 0 Å². The third kappa shape index (κ3) is 3.18. The van der Waals surface area contributed by atoms with Crippen molar-refractivity contribution >= 4 is 17.3 Å². The molecular formula is C10H16ClN3. The minimum absolute atomic E-state index is 0.0184. The third-order valence-electron chi connectivity index (χ3n) is 2.04. The highest BCUT2D eigenvalue weighted by molar-refractivity contribution is 6.31. The second-order valence-corrected chi connectivity index (χ2v) is 3.75. The van der Waals surface area contributed by atoms with Gasteiger partial charge in [-0.2, -0.15) is 0 Å². The number of rotatable bonds is 4. The Morgan fingerprint density at radius 1 is 1.50 bits per heavy atom. The number of benzene rings is 1. The molecule has 0 saturated heterocycles. The van der Waals surface area contributed by atoms with E-state index in [1.807, 2.05) is 25.1 Å². The van der Waals surface area contributed by atoms with E-state index in [-0.39, 0.29) is 6.04 Å².